The Balaban J connectivity index is 3.59. The van der Waals surface area contributed by atoms with Crippen molar-refractivity contribution in [2.45, 2.75) is 6.92 Å². The number of nitrogens with zero attached hydrogens (tertiary/aromatic N) is 2. The van der Waals surface area contributed by atoms with Crippen molar-refractivity contribution < 1.29 is 9.50 Å². The Kier molecular flexibility index (Phi) is 1.86. The van der Waals surface area contributed by atoms with Gasteiger partial charge in [-0.25, -0.2) is 3.97 Å². The molecule has 0 aromatic carbocycles. The van der Waals surface area contributed by atoms with Crippen LogP contribution in [0.5, 0.6) is 5.88 Å². The molecular weight excluding hydrogens is 171 g/mol. The van der Waals surface area contributed by atoms with Crippen LogP contribution in [-0.2, 0) is 0 Å². The number of aromatic hydroxyl groups is 1. The highest BCUT2D eigenvalue weighted by molar-refractivity contribution is 7.78. The van der Waals surface area contributed by atoms with E-state index in [1.807, 2.05) is 0 Å². The van der Waals surface area contributed by atoms with Crippen molar-refractivity contribution in [2.24, 2.45) is 0 Å². The highest BCUT2D eigenvalue weighted by Crippen LogP contribution is 2.12. The van der Waals surface area contributed by atoms with Gasteiger partial charge in [-0.1, -0.05) is 12.8 Å². The standard InChI is InChI=1S/C5H5FN2O2S/c1-2-7-4(9)3(6)5(10)8(2)11/h10-11H,1H3. The molecule has 1 aromatic heterocycles. The molecule has 0 aliphatic heterocycles. The summed E-state index contributed by atoms with van der Waals surface area (Å²) in [4.78, 5) is 13.7. The molecule has 0 saturated carbocycles. The van der Waals surface area contributed by atoms with Gasteiger partial charge in [0.05, 0.1) is 0 Å². The van der Waals surface area contributed by atoms with Gasteiger partial charge < -0.3 is 5.11 Å². The van der Waals surface area contributed by atoms with Gasteiger partial charge in [0.15, 0.2) is 0 Å². The number of aromatic nitrogens is 2. The fraction of sp³-hybridized carbons (Fsp3) is 0.200. The quantitative estimate of drug-likeness (QED) is 0.551. The van der Waals surface area contributed by atoms with Gasteiger partial charge in [0.2, 0.25) is 5.88 Å². The summed E-state index contributed by atoms with van der Waals surface area (Å²) in [5.74, 6) is -1.96. The smallest absolute Gasteiger partial charge is 0.313 e. The first-order chi connectivity index (χ1) is 5.04. The molecule has 6 heteroatoms. The number of hydrogen-bond acceptors (Lipinski definition) is 4. The van der Waals surface area contributed by atoms with E-state index in [9.17, 15) is 9.18 Å². The summed E-state index contributed by atoms with van der Waals surface area (Å²) in [7, 11) is 0. The number of aryl methyl sites for hydroxylation is 1. The second kappa shape index (κ2) is 2.54. The van der Waals surface area contributed by atoms with Crippen LogP contribution in [0.15, 0.2) is 4.79 Å². The van der Waals surface area contributed by atoms with Gasteiger partial charge >= 0.3 is 5.56 Å². The Morgan fingerprint density at radius 1 is 1.73 bits per heavy atom. The third-order valence-electron chi connectivity index (χ3n) is 1.15. The summed E-state index contributed by atoms with van der Waals surface area (Å²) in [6, 6.07) is 0. The van der Waals surface area contributed by atoms with Crippen molar-refractivity contribution in [2.75, 3.05) is 0 Å². The number of hydrogen-bond donors (Lipinski definition) is 2. The van der Waals surface area contributed by atoms with E-state index in [4.69, 9.17) is 5.11 Å². The maximum atomic E-state index is 12.5. The predicted molar refractivity (Wildman–Crippen MR) is 39.2 cm³/mol. The van der Waals surface area contributed by atoms with Crippen LogP contribution in [0, 0.1) is 12.7 Å². The average Bonchev–Trinajstić information content (AvgIpc) is 1.97. The van der Waals surface area contributed by atoms with Gasteiger partial charge in [0.25, 0.3) is 5.82 Å². The van der Waals surface area contributed by atoms with Gasteiger partial charge in [0, 0.05) is 0 Å². The summed E-state index contributed by atoms with van der Waals surface area (Å²) in [6.45, 7) is 1.42. The minimum Gasteiger partial charge on any atom is -0.492 e. The first kappa shape index (κ1) is 8.06. The van der Waals surface area contributed by atoms with Crippen LogP contribution < -0.4 is 5.56 Å². The van der Waals surface area contributed by atoms with Crippen LogP contribution >= 0.6 is 12.8 Å². The molecule has 11 heavy (non-hydrogen) atoms. The summed E-state index contributed by atoms with van der Waals surface area (Å²) in [5, 5.41) is 8.84. The van der Waals surface area contributed by atoms with E-state index < -0.39 is 17.3 Å². The number of thiol groups is 1. The zero-order valence-corrected chi connectivity index (χ0v) is 6.47. The Labute approximate surface area is 66.9 Å². The molecule has 0 fully saturated rings. The maximum absolute atomic E-state index is 12.5. The van der Waals surface area contributed by atoms with Crippen LogP contribution in [0.25, 0.3) is 0 Å². The highest BCUT2D eigenvalue weighted by Gasteiger charge is 2.10. The second-order valence-corrected chi connectivity index (χ2v) is 2.31. The molecule has 1 rings (SSSR count). The molecule has 0 unspecified atom stereocenters. The Bertz CT molecular complexity index is 349. The zero-order chi connectivity index (χ0) is 8.59. The van der Waals surface area contributed by atoms with Crippen LogP contribution in [0.2, 0.25) is 0 Å². The van der Waals surface area contributed by atoms with Crippen LogP contribution in [0.3, 0.4) is 0 Å². The van der Waals surface area contributed by atoms with Gasteiger partial charge in [0.1, 0.15) is 5.82 Å². The maximum Gasteiger partial charge on any atom is 0.313 e. The largest absolute Gasteiger partial charge is 0.492 e. The third kappa shape index (κ3) is 1.21. The normalized spacial score (nSPS) is 10.1. The molecule has 60 valence electrons. The Morgan fingerprint density at radius 3 is 2.82 bits per heavy atom. The monoisotopic (exact) mass is 176 g/mol. The van der Waals surface area contributed by atoms with Gasteiger partial charge in [-0.05, 0) is 6.92 Å². The summed E-state index contributed by atoms with van der Waals surface area (Å²) in [6.07, 6.45) is 0. The van der Waals surface area contributed by atoms with Crippen molar-refractivity contribution in [3.05, 3.63) is 22.0 Å². The highest BCUT2D eigenvalue weighted by atomic mass is 32.1. The molecule has 0 aliphatic carbocycles. The molecular formula is C5H5FN2O2S. The number of halogens is 1. The molecule has 1 heterocycles. The van der Waals surface area contributed by atoms with Crippen molar-refractivity contribution in [3.63, 3.8) is 0 Å². The minimum atomic E-state index is -1.29. The van der Waals surface area contributed by atoms with Gasteiger partial charge in [-0.15, -0.1) is 0 Å². The third-order valence-corrected chi connectivity index (χ3v) is 1.63. The van der Waals surface area contributed by atoms with E-state index >= 15 is 0 Å². The molecule has 0 bridgehead atoms. The van der Waals surface area contributed by atoms with E-state index in [2.05, 4.69) is 17.8 Å². The first-order valence-corrected chi connectivity index (χ1v) is 3.11. The van der Waals surface area contributed by atoms with E-state index in [0.29, 0.717) is 0 Å². The lowest BCUT2D eigenvalue weighted by Gasteiger charge is -2.02. The molecule has 4 nitrogen and oxygen atoms in total. The summed E-state index contributed by atoms with van der Waals surface area (Å²) >= 11 is 3.65. The summed E-state index contributed by atoms with van der Waals surface area (Å²) in [5.41, 5.74) is -1.08. The van der Waals surface area contributed by atoms with Crippen molar-refractivity contribution in [3.8, 4) is 5.88 Å². The van der Waals surface area contributed by atoms with Crippen molar-refractivity contribution in [1.29, 1.82) is 0 Å². The summed E-state index contributed by atoms with van der Waals surface area (Å²) < 4.78 is 13.3. The Morgan fingerprint density at radius 2 is 2.27 bits per heavy atom. The molecule has 1 N–H and O–H groups in total. The van der Waals surface area contributed by atoms with E-state index in [-0.39, 0.29) is 5.82 Å². The lowest BCUT2D eigenvalue weighted by Crippen LogP contribution is -2.15. The average molecular weight is 176 g/mol. The zero-order valence-electron chi connectivity index (χ0n) is 5.58. The Hall–Kier alpha value is -1.04. The van der Waals surface area contributed by atoms with Gasteiger partial charge in [-0.3, -0.25) is 4.79 Å². The second-order valence-electron chi connectivity index (χ2n) is 1.91. The lowest BCUT2D eigenvalue weighted by atomic mass is 10.5. The minimum absolute atomic E-state index is 0.136. The van der Waals surface area contributed by atoms with Crippen LogP contribution in [0.1, 0.15) is 5.82 Å². The molecule has 0 radical (unpaired) electrons. The van der Waals surface area contributed by atoms with Gasteiger partial charge in [-0.2, -0.15) is 9.37 Å². The lowest BCUT2D eigenvalue weighted by molar-refractivity contribution is 0.397. The first-order valence-electron chi connectivity index (χ1n) is 2.71. The molecule has 0 amide bonds. The van der Waals surface area contributed by atoms with Crippen molar-refractivity contribution in [1.82, 2.24) is 8.96 Å². The van der Waals surface area contributed by atoms with E-state index in [0.717, 1.165) is 3.97 Å². The number of rotatable bonds is 0. The molecule has 1 aromatic rings. The molecule has 0 saturated heterocycles. The van der Waals surface area contributed by atoms with Crippen LogP contribution in [0.4, 0.5) is 4.39 Å². The predicted octanol–water partition coefficient (Wildman–Crippen LogP) is 0.0893. The van der Waals surface area contributed by atoms with E-state index in [1.54, 1.807) is 0 Å². The molecule has 0 atom stereocenters. The fourth-order valence-corrected chi connectivity index (χ4v) is 0.718. The van der Waals surface area contributed by atoms with Crippen molar-refractivity contribution >= 4 is 12.8 Å². The van der Waals surface area contributed by atoms with Crippen LogP contribution in [-0.4, -0.2) is 14.1 Å². The van der Waals surface area contributed by atoms with E-state index in [1.165, 1.54) is 6.92 Å². The fourth-order valence-electron chi connectivity index (χ4n) is 0.585. The topological polar surface area (TPSA) is 55.1 Å². The molecule has 0 spiro atoms. The molecule has 0 aliphatic rings. The SMILES string of the molecule is Cc1nc(=O)c(F)c(O)n1S.